The summed E-state index contributed by atoms with van der Waals surface area (Å²) >= 11 is 9.78. The number of alkyl halides is 1. The average Bonchev–Trinajstić information content (AvgIpc) is 2.49. The number of quaternary nitrogens is 1. The van der Waals surface area contributed by atoms with E-state index in [9.17, 15) is 0 Å². The number of rotatable bonds is 5. The predicted octanol–water partition coefficient (Wildman–Crippen LogP) is 0.435. The van der Waals surface area contributed by atoms with Gasteiger partial charge in [-0.2, -0.15) is 0 Å². The van der Waals surface area contributed by atoms with Crippen molar-refractivity contribution in [2.45, 2.75) is 13.0 Å². The molecule has 4 nitrogen and oxygen atoms in total. The molecule has 0 N–H and O–H groups in total. The molecule has 0 spiro atoms. The van der Waals surface area contributed by atoms with Crippen LogP contribution < -0.4 is 30.9 Å². The summed E-state index contributed by atoms with van der Waals surface area (Å²) < 4.78 is 18.3. The number of hydrogen-bond donors (Lipinski definition) is 0. The molecule has 2 unspecified atom stereocenters. The zero-order valence-electron chi connectivity index (χ0n) is 13.1. The number of hydrogen-bond acceptors (Lipinski definition) is 3. The number of ether oxygens (including phenoxy) is 3. The quantitative estimate of drug-likeness (QED) is 0.472. The molecule has 1 aliphatic heterocycles. The van der Waals surface area contributed by atoms with Gasteiger partial charge >= 0.3 is 0 Å². The maximum absolute atomic E-state index is 6.10. The van der Waals surface area contributed by atoms with Crippen molar-refractivity contribution in [3.05, 3.63) is 16.6 Å². The smallest absolute Gasteiger partial charge is 0.166 e. The van der Waals surface area contributed by atoms with Gasteiger partial charge in [0, 0.05) is 12.1 Å². The zero-order chi connectivity index (χ0) is 15.5. The Morgan fingerprint density at radius 2 is 1.95 bits per heavy atom. The lowest BCUT2D eigenvalue weighted by Gasteiger charge is -2.46. The fourth-order valence-electron chi connectivity index (χ4n) is 2.99. The Morgan fingerprint density at radius 1 is 1.32 bits per heavy atom. The zero-order valence-corrected chi connectivity index (χ0v) is 17.0. The van der Waals surface area contributed by atoms with E-state index in [1.165, 1.54) is 5.69 Å². The second kappa shape index (κ2) is 8.73. The first-order valence-corrected chi connectivity index (χ1v) is 8.34. The highest BCUT2D eigenvalue weighted by Crippen LogP contribution is 2.42. The van der Waals surface area contributed by atoms with Gasteiger partial charge in [-0.3, -0.25) is 4.48 Å². The Morgan fingerprint density at radius 3 is 2.50 bits per heavy atom. The number of halogens is 3. The van der Waals surface area contributed by atoms with Crippen LogP contribution in [-0.2, 0) is 4.74 Å². The molecule has 2 atom stereocenters. The van der Waals surface area contributed by atoms with E-state index in [0.717, 1.165) is 46.8 Å². The van der Waals surface area contributed by atoms with E-state index in [1.54, 1.807) is 14.2 Å². The molecule has 0 aliphatic carbocycles. The topological polar surface area (TPSA) is 27.7 Å². The van der Waals surface area contributed by atoms with E-state index in [0.29, 0.717) is 11.9 Å². The van der Waals surface area contributed by atoms with Crippen molar-refractivity contribution in [3.8, 4) is 11.5 Å². The summed E-state index contributed by atoms with van der Waals surface area (Å²) in [6.45, 7) is 5.44. The lowest BCUT2D eigenvalue weighted by atomic mass is 10.1. The van der Waals surface area contributed by atoms with Gasteiger partial charge in [0.2, 0.25) is 0 Å². The van der Waals surface area contributed by atoms with E-state index in [4.69, 9.17) is 25.8 Å². The van der Waals surface area contributed by atoms with Crippen LogP contribution in [0.2, 0.25) is 0 Å². The summed E-state index contributed by atoms with van der Waals surface area (Å²) in [5.74, 6) is 2.06. The molecule has 7 heteroatoms. The molecule has 0 radical (unpaired) electrons. The van der Waals surface area contributed by atoms with E-state index in [1.807, 2.05) is 6.07 Å². The first-order valence-electron chi connectivity index (χ1n) is 7.01. The minimum Gasteiger partial charge on any atom is -1.00 e. The van der Waals surface area contributed by atoms with Gasteiger partial charge in [-0.25, -0.2) is 0 Å². The van der Waals surface area contributed by atoms with E-state index >= 15 is 0 Å². The van der Waals surface area contributed by atoms with Gasteiger partial charge in [0.1, 0.15) is 12.6 Å². The molecule has 1 aromatic rings. The standard InChI is InChI=1S/C15H22BrClNO3.BrH/c1-11-10-21-7-6-18(11,5-4-17)13-9-15(20-3)14(19-2)8-12(13)16;/h8-9,11H,4-7,10H2,1-3H3;1H/q+1;/p-1. The monoisotopic (exact) mass is 457 g/mol. The summed E-state index contributed by atoms with van der Waals surface area (Å²) in [5, 5.41) is 0. The van der Waals surface area contributed by atoms with Gasteiger partial charge in [-0.05, 0) is 22.9 Å². The normalized spacial score (nSPS) is 24.5. The molecule has 0 amide bonds. The van der Waals surface area contributed by atoms with Crippen LogP contribution in [0.1, 0.15) is 6.92 Å². The fourth-order valence-corrected chi connectivity index (χ4v) is 3.97. The lowest BCUT2D eigenvalue weighted by Crippen LogP contribution is -3.00. The van der Waals surface area contributed by atoms with Crippen molar-refractivity contribution >= 4 is 33.2 Å². The summed E-state index contributed by atoms with van der Waals surface area (Å²) in [6.07, 6.45) is 0. The largest absolute Gasteiger partial charge is 1.00 e. The van der Waals surface area contributed by atoms with E-state index in [2.05, 4.69) is 28.9 Å². The molecular formula is C15H22Br2ClNO3. The van der Waals surface area contributed by atoms with Crippen LogP contribution in [0.4, 0.5) is 5.69 Å². The Hall–Kier alpha value is -0.0100. The van der Waals surface area contributed by atoms with Crippen LogP contribution >= 0.6 is 27.5 Å². The van der Waals surface area contributed by atoms with E-state index < -0.39 is 0 Å². The highest BCUT2D eigenvalue weighted by atomic mass is 79.9. The number of methoxy groups -OCH3 is 2. The third kappa shape index (κ3) is 3.73. The average molecular weight is 460 g/mol. The Kier molecular flexibility index (Phi) is 7.95. The first-order chi connectivity index (χ1) is 10.1. The van der Waals surface area contributed by atoms with Crippen molar-refractivity contribution in [3.63, 3.8) is 0 Å². The molecular weight excluding hydrogens is 437 g/mol. The minimum absolute atomic E-state index is 0. The molecule has 1 fully saturated rings. The molecule has 1 aliphatic rings. The predicted molar refractivity (Wildman–Crippen MR) is 89.8 cm³/mol. The van der Waals surface area contributed by atoms with Gasteiger partial charge in [0.15, 0.2) is 17.2 Å². The first kappa shape index (κ1) is 20.0. The van der Waals surface area contributed by atoms with Crippen LogP contribution in [0.25, 0.3) is 0 Å². The third-order valence-electron chi connectivity index (χ3n) is 4.25. The molecule has 1 aromatic carbocycles. The number of nitrogens with zero attached hydrogens (tertiary/aromatic N) is 1. The number of morpholine rings is 1. The highest BCUT2D eigenvalue weighted by Gasteiger charge is 2.41. The maximum atomic E-state index is 6.10. The molecule has 0 bridgehead atoms. The molecule has 126 valence electrons. The van der Waals surface area contributed by atoms with Crippen molar-refractivity contribution in [2.75, 3.05) is 46.4 Å². The maximum Gasteiger partial charge on any atom is 0.166 e. The van der Waals surface area contributed by atoms with Crippen LogP contribution in [0, 0.1) is 0 Å². The third-order valence-corrected chi connectivity index (χ3v) is 5.06. The van der Waals surface area contributed by atoms with Crippen molar-refractivity contribution in [2.24, 2.45) is 0 Å². The molecule has 2 rings (SSSR count). The molecule has 1 saturated heterocycles. The molecule has 0 aromatic heterocycles. The van der Waals surface area contributed by atoms with Crippen molar-refractivity contribution < 1.29 is 31.2 Å². The van der Waals surface area contributed by atoms with Crippen LogP contribution in [-0.4, -0.2) is 52.4 Å². The van der Waals surface area contributed by atoms with Gasteiger partial charge in [-0.15, -0.1) is 11.6 Å². The van der Waals surface area contributed by atoms with Gasteiger partial charge in [-0.1, -0.05) is 0 Å². The molecule has 0 saturated carbocycles. The fraction of sp³-hybridized carbons (Fsp3) is 0.600. The number of benzene rings is 1. The highest BCUT2D eigenvalue weighted by molar-refractivity contribution is 9.10. The second-order valence-electron chi connectivity index (χ2n) is 5.25. The minimum atomic E-state index is 0. The van der Waals surface area contributed by atoms with Crippen molar-refractivity contribution in [1.82, 2.24) is 4.48 Å². The summed E-state index contributed by atoms with van der Waals surface area (Å²) in [4.78, 5) is 0. The SMILES string of the molecule is COc1cc(Br)c([N+]2(CCCl)CCOCC2C)cc1OC.[Br-]. The molecule has 22 heavy (non-hydrogen) atoms. The van der Waals surface area contributed by atoms with E-state index in [-0.39, 0.29) is 17.0 Å². The Labute approximate surface area is 156 Å². The summed E-state index contributed by atoms with van der Waals surface area (Å²) in [5.41, 5.74) is 1.17. The lowest BCUT2D eigenvalue weighted by molar-refractivity contribution is -0.0000103. The van der Waals surface area contributed by atoms with Gasteiger partial charge in [0.25, 0.3) is 0 Å². The second-order valence-corrected chi connectivity index (χ2v) is 6.49. The van der Waals surface area contributed by atoms with Crippen LogP contribution in [0.3, 0.4) is 0 Å². The van der Waals surface area contributed by atoms with Gasteiger partial charge in [0.05, 0.1) is 44.3 Å². The summed E-state index contributed by atoms with van der Waals surface area (Å²) in [6, 6.07) is 4.36. The summed E-state index contributed by atoms with van der Waals surface area (Å²) in [7, 11) is 3.30. The van der Waals surface area contributed by atoms with Crippen LogP contribution in [0.15, 0.2) is 16.6 Å². The Bertz CT molecular complexity index is 500. The van der Waals surface area contributed by atoms with Crippen molar-refractivity contribution in [1.29, 1.82) is 0 Å². The van der Waals surface area contributed by atoms with Gasteiger partial charge < -0.3 is 31.2 Å². The molecule has 1 heterocycles. The van der Waals surface area contributed by atoms with Crippen LogP contribution in [0.5, 0.6) is 11.5 Å². The Balaban J connectivity index is 0.00000242.